The van der Waals surface area contributed by atoms with Gasteiger partial charge in [0.1, 0.15) is 0 Å². The molecule has 0 saturated heterocycles. The number of carbonyl (C=O) groups excluding carboxylic acids is 1. The lowest BCUT2D eigenvalue weighted by molar-refractivity contribution is 0.236. The van der Waals surface area contributed by atoms with E-state index in [1.165, 1.54) is 4.90 Å². The van der Waals surface area contributed by atoms with Crippen molar-refractivity contribution in [2.45, 2.75) is 6.92 Å². The van der Waals surface area contributed by atoms with Crippen molar-refractivity contribution in [2.75, 3.05) is 18.4 Å². The zero-order valence-electron chi connectivity index (χ0n) is 9.10. The standard InChI is InChI=1S/C11H14N4O/c1-8-4-2-3-5-9(8)14-11(16)15-7-6-13-10(15)12/h2-5H,6-7H2,1H3,(H2,12,13)(H,14,16). The molecule has 2 amide bonds. The Balaban J connectivity index is 2.08. The Morgan fingerprint density at radius 3 is 2.88 bits per heavy atom. The molecular formula is C11H14N4O. The highest BCUT2D eigenvalue weighted by Crippen LogP contribution is 2.14. The molecule has 0 aromatic heterocycles. The number of hydrogen-bond acceptors (Lipinski definition) is 3. The first kappa shape index (κ1) is 10.5. The first-order valence-electron chi connectivity index (χ1n) is 5.12. The molecule has 0 unspecified atom stereocenters. The number of hydrogen-bond donors (Lipinski definition) is 2. The molecule has 0 saturated carbocycles. The summed E-state index contributed by atoms with van der Waals surface area (Å²) in [6.45, 7) is 3.06. The Bertz CT molecular complexity index is 441. The van der Waals surface area contributed by atoms with E-state index in [1.807, 2.05) is 31.2 Å². The number of urea groups is 1. The second kappa shape index (κ2) is 4.22. The predicted octanol–water partition coefficient (Wildman–Crippen LogP) is 1.16. The second-order valence-corrected chi connectivity index (χ2v) is 3.64. The van der Waals surface area contributed by atoms with Gasteiger partial charge in [-0.1, -0.05) is 18.2 Å². The van der Waals surface area contributed by atoms with Crippen LogP contribution in [0.4, 0.5) is 10.5 Å². The highest BCUT2D eigenvalue weighted by Gasteiger charge is 2.21. The summed E-state index contributed by atoms with van der Waals surface area (Å²) < 4.78 is 0. The van der Waals surface area contributed by atoms with Gasteiger partial charge in [-0.2, -0.15) is 0 Å². The molecule has 0 atom stereocenters. The molecule has 1 heterocycles. The van der Waals surface area contributed by atoms with E-state index in [4.69, 9.17) is 5.73 Å². The van der Waals surface area contributed by atoms with Crippen molar-refractivity contribution in [1.29, 1.82) is 0 Å². The minimum Gasteiger partial charge on any atom is -0.369 e. The fourth-order valence-electron chi connectivity index (χ4n) is 1.57. The number of nitrogens with zero attached hydrogens (tertiary/aromatic N) is 2. The minimum absolute atomic E-state index is 0.229. The van der Waals surface area contributed by atoms with Gasteiger partial charge in [-0.3, -0.25) is 9.89 Å². The van der Waals surface area contributed by atoms with E-state index in [-0.39, 0.29) is 12.0 Å². The van der Waals surface area contributed by atoms with Crippen LogP contribution in [0.15, 0.2) is 29.3 Å². The molecule has 0 radical (unpaired) electrons. The van der Waals surface area contributed by atoms with Crippen LogP contribution in [-0.2, 0) is 0 Å². The fraction of sp³-hybridized carbons (Fsp3) is 0.273. The molecule has 0 bridgehead atoms. The Morgan fingerprint density at radius 2 is 2.25 bits per heavy atom. The third-order valence-corrected chi connectivity index (χ3v) is 2.51. The Kier molecular flexibility index (Phi) is 2.76. The molecular weight excluding hydrogens is 204 g/mol. The molecule has 1 aromatic carbocycles. The Hall–Kier alpha value is -2.04. The number of amides is 2. The van der Waals surface area contributed by atoms with Crippen molar-refractivity contribution < 1.29 is 4.79 Å². The average Bonchev–Trinajstić information content (AvgIpc) is 2.68. The van der Waals surface area contributed by atoms with Crippen molar-refractivity contribution in [1.82, 2.24) is 4.90 Å². The molecule has 0 spiro atoms. The number of para-hydroxylation sites is 1. The van der Waals surface area contributed by atoms with Gasteiger partial charge >= 0.3 is 6.03 Å². The number of guanidine groups is 1. The third-order valence-electron chi connectivity index (χ3n) is 2.51. The molecule has 5 nitrogen and oxygen atoms in total. The summed E-state index contributed by atoms with van der Waals surface area (Å²) in [4.78, 5) is 17.2. The maximum atomic E-state index is 11.8. The Morgan fingerprint density at radius 1 is 1.50 bits per heavy atom. The van der Waals surface area contributed by atoms with Crippen LogP contribution in [0, 0.1) is 6.92 Å². The Labute approximate surface area is 94.0 Å². The van der Waals surface area contributed by atoms with Gasteiger partial charge in [0.05, 0.1) is 13.1 Å². The lowest BCUT2D eigenvalue weighted by Gasteiger charge is -2.17. The monoisotopic (exact) mass is 218 g/mol. The van der Waals surface area contributed by atoms with E-state index in [0.29, 0.717) is 13.1 Å². The van der Waals surface area contributed by atoms with Crippen molar-refractivity contribution in [3.05, 3.63) is 29.8 Å². The van der Waals surface area contributed by atoms with Gasteiger partial charge in [0.15, 0.2) is 5.96 Å². The van der Waals surface area contributed by atoms with Gasteiger partial charge in [-0.25, -0.2) is 4.79 Å². The number of rotatable bonds is 1. The fourth-order valence-corrected chi connectivity index (χ4v) is 1.57. The molecule has 16 heavy (non-hydrogen) atoms. The number of aryl methyl sites for hydroxylation is 1. The number of benzene rings is 1. The topological polar surface area (TPSA) is 70.7 Å². The van der Waals surface area contributed by atoms with Crippen LogP contribution in [0.1, 0.15) is 5.56 Å². The van der Waals surface area contributed by atoms with Crippen LogP contribution in [0.2, 0.25) is 0 Å². The summed E-state index contributed by atoms with van der Waals surface area (Å²) in [5, 5.41) is 2.81. The number of carbonyl (C=O) groups is 1. The molecule has 2 rings (SSSR count). The molecule has 0 fully saturated rings. The zero-order chi connectivity index (χ0) is 11.5. The van der Waals surface area contributed by atoms with Crippen molar-refractivity contribution in [3.63, 3.8) is 0 Å². The van der Waals surface area contributed by atoms with Crippen LogP contribution in [-0.4, -0.2) is 30.0 Å². The molecule has 5 heteroatoms. The van der Waals surface area contributed by atoms with Crippen LogP contribution >= 0.6 is 0 Å². The van der Waals surface area contributed by atoms with Gasteiger partial charge in [-0.15, -0.1) is 0 Å². The smallest absolute Gasteiger partial charge is 0.328 e. The summed E-state index contributed by atoms with van der Waals surface area (Å²) in [6, 6.07) is 7.38. The predicted molar refractivity (Wildman–Crippen MR) is 63.4 cm³/mol. The molecule has 1 aliphatic heterocycles. The molecule has 1 aromatic rings. The highest BCUT2D eigenvalue weighted by atomic mass is 16.2. The minimum atomic E-state index is -0.229. The lowest BCUT2D eigenvalue weighted by Crippen LogP contribution is -2.41. The normalized spacial score (nSPS) is 14.8. The quantitative estimate of drug-likeness (QED) is 0.742. The van der Waals surface area contributed by atoms with Crippen LogP contribution in [0.25, 0.3) is 0 Å². The van der Waals surface area contributed by atoms with E-state index in [2.05, 4.69) is 10.3 Å². The maximum Gasteiger partial charge on any atom is 0.328 e. The van der Waals surface area contributed by atoms with Crippen LogP contribution < -0.4 is 11.1 Å². The maximum absolute atomic E-state index is 11.8. The molecule has 1 aliphatic rings. The van der Waals surface area contributed by atoms with Crippen LogP contribution in [0.5, 0.6) is 0 Å². The highest BCUT2D eigenvalue weighted by molar-refractivity contribution is 6.02. The summed E-state index contributed by atoms with van der Waals surface area (Å²) in [6.07, 6.45) is 0. The van der Waals surface area contributed by atoms with Gasteiger partial charge in [0, 0.05) is 5.69 Å². The first-order valence-corrected chi connectivity index (χ1v) is 5.12. The lowest BCUT2D eigenvalue weighted by atomic mass is 10.2. The summed E-state index contributed by atoms with van der Waals surface area (Å²) in [5.74, 6) is 0.283. The van der Waals surface area contributed by atoms with Crippen molar-refractivity contribution in [3.8, 4) is 0 Å². The SMILES string of the molecule is Cc1ccccc1NC(=O)N1CCN=C1N. The van der Waals surface area contributed by atoms with E-state index in [1.54, 1.807) is 0 Å². The van der Waals surface area contributed by atoms with E-state index < -0.39 is 0 Å². The number of anilines is 1. The molecule has 3 N–H and O–H groups in total. The third kappa shape index (κ3) is 1.98. The first-order chi connectivity index (χ1) is 7.68. The number of nitrogens with one attached hydrogen (secondary N) is 1. The summed E-state index contributed by atoms with van der Waals surface area (Å²) in [5.41, 5.74) is 7.40. The van der Waals surface area contributed by atoms with Gasteiger partial charge in [0.2, 0.25) is 0 Å². The van der Waals surface area contributed by atoms with Gasteiger partial charge in [0.25, 0.3) is 0 Å². The zero-order valence-corrected chi connectivity index (χ0v) is 9.10. The summed E-state index contributed by atoms with van der Waals surface area (Å²) in [7, 11) is 0. The second-order valence-electron chi connectivity index (χ2n) is 3.64. The van der Waals surface area contributed by atoms with Gasteiger partial charge in [-0.05, 0) is 18.6 Å². The largest absolute Gasteiger partial charge is 0.369 e. The number of nitrogens with two attached hydrogens (primary N) is 1. The van der Waals surface area contributed by atoms with E-state index in [0.717, 1.165) is 11.3 Å². The van der Waals surface area contributed by atoms with Crippen LogP contribution in [0.3, 0.4) is 0 Å². The van der Waals surface area contributed by atoms with Gasteiger partial charge < -0.3 is 11.1 Å². The number of aliphatic imine (C=N–C) groups is 1. The molecule has 84 valence electrons. The molecule has 0 aliphatic carbocycles. The van der Waals surface area contributed by atoms with Crippen molar-refractivity contribution >= 4 is 17.7 Å². The van der Waals surface area contributed by atoms with Crippen molar-refractivity contribution in [2.24, 2.45) is 10.7 Å². The van der Waals surface area contributed by atoms with E-state index in [9.17, 15) is 4.79 Å². The summed E-state index contributed by atoms with van der Waals surface area (Å²) >= 11 is 0. The van der Waals surface area contributed by atoms with E-state index >= 15 is 0 Å². The average molecular weight is 218 g/mol.